The first-order valence-corrected chi connectivity index (χ1v) is 5.63. The van der Waals surface area contributed by atoms with Gasteiger partial charge in [-0.05, 0) is 24.7 Å². The lowest BCUT2D eigenvalue weighted by Gasteiger charge is -2.16. The summed E-state index contributed by atoms with van der Waals surface area (Å²) in [5, 5.41) is 0. The van der Waals surface area contributed by atoms with Crippen LogP contribution < -0.4 is 0 Å². The minimum absolute atomic E-state index is 0.0168. The molecular formula is C13H16FNO2. The molecule has 0 N–H and O–H groups in total. The van der Waals surface area contributed by atoms with Crippen LogP contribution in [-0.2, 0) is 9.53 Å². The minimum atomic E-state index is -0.263. The Balaban J connectivity index is 2.26. The number of carbonyl (C=O) groups is 1. The molecule has 0 bridgehead atoms. The second kappa shape index (κ2) is 4.84. The number of benzene rings is 1. The number of hydrogen-bond acceptors (Lipinski definition) is 3. The second-order valence-electron chi connectivity index (χ2n) is 4.51. The van der Waals surface area contributed by atoms with Gasteiger partial charge in [-0.3, -0.25) is 4.79 Å². The summed E-state index contributed by atoms with van der Waals surface area (Å²) in [5.74, 6) is -0.667. The molecule has 2 atom stereocenters. The number of nitrogens with zero attached hydrogens (tertiary/aromatic N) is 1. The molecular weight excluding hydrogens is 221 g/mol. The van der Waals surface area contributed by atoms with Crippen LogP contribution in [-0.4, -0.2) is 38.1 Å². The molecule has 2 rings (SSSR count). The highest BCUT2D eigenvalue weighted by molar-refractivity contribution is 5.74. The van der Waals surface area contributed by atoms with E-state index in [9.17, 15) is 9.18 Å². The summed E-state index contributed by atoms with van der Waals surface area (Å²) in [6.45, 7) is 1.41. The predicted octanol–water partition coefficient (Wildman–Crippen LogP) is 1.64. The van der Waals surface area contributed by atoms with Crippen molar-refractivity contribution in [1.82, 2.24) is 4.90 Å². The second-order valence-corrected chi connectivity index (χ2v) is 4.51. The Morgan fingerprint density at radius 2 is 2.24 bits per heavy atom. The van der Waals surface area contributed by atoms with Gasteiger partial charge >= 0.3 is 5.97 Å². The van der Waals surface area contributed by atoms with Gasteiger partial charge in [0.15, 0.2) is 0 Å². The van der Waals surface area contributed by atoms with Crippen molar-refractivity contribution in [3.05, 3.63) is 35.6 Å². The van der Waals surface area contributed by atoms with Crippen molar-refractivity contribution in [2.75, 3.05) is 27.2 Å². The third-order valence-electron chi connectivity index (χ3n) is 3.28. The summed E-state index contributed by atoms with van der Waals surface area (Å²) < 4.78 is 18.0. The average Bonchev–Trinajstić information content (AvgIpc) is 2.70. The predicted molar refractivity (Wildman–Crippen MR) is 62.1 cm³/mol. The standard InChI is InChI=1S/C13H16FNO2/c1-15-7-11(12(8-15)13(16)17-2)9-4-3-5-10(14)6-9/h3-6,11-12H,7-8H2,1-2H3/t11-,12+/m1/s1. The number of likely N-dealkylation sites (N-methyl/N-ethyl adjacent to an activating group) is 1. The number of methoxy groups -OCH3 is 1. The summed E-state index contributed by atoms with van der Waals surface area (Å²) in [7, 11) is 3.35. The minimum Gasteiger partial charge on any atom is -0.469 e. The Hall–Kier alpha value is -1.42. The molecule has 4 heteroatoms. The molecule has 1 aliphatic heterocycles. The van der Waals surface area contributed by atoms with E-state index in [0.717, 1.165) is 12.1 Å². The Morgan fingerprint density at radius 1 is 1.47 bits per heavy atom. The van der Waals surface area contributed by atoms with Crippen LogP contribution in [0.1, 0.15) is 11.5 Å². The van der Waals surface area contributed by atoms with Crippen molar-refractivity contribution in [3.8, 4) is 0 Å². The van der Waals surface area contributed by atoms with E-state index in [2.05, 4.69) is 4.90 Å². The zero-order valence-corrected chi connectivity index (χ0v) is 10.0. The number of esters is 1. The maximum atomic E-state index is 13.2. The molecule has 0 spiro atoms. The first-order valence-electron chi connectivity index (χ1n) is 5.63. The summed E-state index contributed by atoms with van der Waals surface area (Å²) >= 11 is 0. The zero-order valence-electron chi connectivity index (χ0n) is 10.0. The molecule has 1 heterocycles. The molecule has 3 nitrogen and oxygen atoms in total. The van der Waals surface area contributed by atoms with Crippen molar-refractivity contribution in [2.24, 2.45) is 5.92 Å². The lowest BCUT2D eigenvalue weighted by molar-refractivity contribution is -0.145. The van der Waals surface area contributed by atoms with Gasteiger partial charge in [-0.2, -0.15) is 0 Å². The van der Waals surface area contributed by atoms with E-state index in [1.807, 2.05) is 13.1 Å². The number of rotatable bonds is 2. The topological polar surface area (TPSA) is 29.5 Å². The molecule has 1 aliphatic rings. The van der Waals surface area contributed by atoms with Gasteiger partial charge in [-0.15, -0.1) is 0 Å². The third kappa shape index (κ3) is 2.47. The van der Waals surface area contributed by atoms with E-state index in [1.165, 1.54) is 19.2 Å². The summed E-state index contributed by atoms with van der Waals surface area (Å²) in [6, 6.07) is 6.45. The number of ether oxygens (including phenoxy) is 1. The Kier molecular flexibility index (Phi) is 3.43. The van der Waals surface area contributed by atoms with Gasteiger partial charge in [0, 0.05) is 19.0 Å². The fourth-order valence-electron chi connectivity index (χ4n) is 2.47. The molecule has 0 unspecified atom stereocenters. The largest absolute Gasteiger partial charge is 0.469 e. The first-order chi connectivity index (χ1) is 8.11. The van der Waals surface area contributed by atoms with Crippen molar-refractivity contribution in [3.63, 3.8) is 0 Å². The van der Waals surface area contributed by atoms with Crippen LogP contribution in [0.5, 0.6) is 0 Å². The Morgan fingerprint density at radius 3 is 2.88 bits per heavy atom. The molecule has 1 saturated heterocycles. The van der Waals surface area contributed by atoms with Gasteiger partial charge in [-0.25, -0.2) is 4.39 Å². The first kappa shape index (κ1) is 12.0. The summed E-state index contributed by atoms with van der Waals surface area (Å²) in [4.78, 5) is 13.8. The number of halogens is 1. The molecule has 17 heavy (non-hydrogen) atoms. The third-order valence-corrected chi connectivity index (χ3v) is 3.28. The van der Waals surface area contributed by atoms with Crippen LogP contribution in [0.2, 0.25) is 0 Å². The van der Waals surface area contributed by atoms with Crippen molar-refractivity contribution in [1.29, 1.82) is 0 Å². The van der Waals surface area contributed by atoms with E-state index >= 15 is 0 Å². The molecule has 1 aromatic rings. The van der Waals surface area contributed by atoms with Crippen molar-refractivity contribution in [2.45, 2.75) is 5.92 Å². The van der Waals surface area contributed by atoms with Gasteiger partial charge < -0.3 is 9.64 Å². The van der Waals surface area contributed by atoms with Crippen LogP contribution in [0.4, 0.5) is 4.39 Å². The summed E-state index contributed by atoms with van der Waals surface area (Å²) in [6.07, 6.45) is 0. The maximum Gasteiger partial charge on any atom is 0.310 e. The Labute approximate surface area is 100 Å². The van der Waals surface area contributed by atoms with Gasteiger partial charge in [0.2, 0.25) is 0 Å². The Bertz CT molecular complexity index is 422. The monoisotopic (exact) mass is 237 g/mol. The molecule has 1 fully saturated rings. The van der Waals surface area contributed by atoms with Crippen LogP contribution in [0.3, 0.4) is 0 Å². The van der Waals surface area contributed by atoms with E-state index < -0.39 is 0 Å². The van der Waals surface area contributed by atoms with Crippen LogP contribution in [0.15, 0.2) is 24.3 Å². The van der Waals surface area contributed by atoms with E-state index in [0.29, 0.717) is 6.54 Å². The molecule has 0 amide bonds. The molecule has 0 radical (unpaired) electrons. The highest BCUT2D eigenvalue weighted by Crippen LogP contribution is 2.32. The lowest BCUT2D eigenvalue weighted by Crippen LogP contribution is -2.23. The summed E-state index contributed by atoms with van der Waals surface area (Å²) in [5.41, 5.74) is 0.866. The van der Waals surface area contributed by atoms with Gasteiger partial charge in [-0.1, -0.05) is 12.1 Å². The van der Waals surface area contributed by atoms with Crippen molar-refractivity contribution >= 4 is 5.97 Å². The molecule has 0 aliphatic carbocycles. The molecule has 1 aromatic carbocycles. The van der Waals surface area contributed by atoms with E-state index in [-0.39, 0.29) is 23.6 Å². The molecule has 92 valence electrons. The fourth-order valence-corrected chi connectivity index (χ4v) is 2.47. The normalized spacial score (nSPS) is 24.9. The zero-order chi connectivity index (χ0) is 12.4. The SMILES string of the molecule is COC(=O)[C@H]1CN(C)C[C@@H]1c1cccc(F)c1. The van der Waals surface area contributed by atoms with Crippen LogP contribution in [0, 0.1) is 11.7 Å². The van der Waals surface area contributed by atoms with E-state index in [4.69, 9.17) is 4.74 Å². The van der Waals surface area contributed by atoms with Crippen molar-refractivity contribution < 1.29 is 13.9 Å². The van der Waals surface area contributed by atoms with Gasteiger partial charge in [0.05, 0.1) is 13.0 Å². The molecule has 0 saturated carbocycles. The fraction of sp³-hybridized carbons (Fsp3) is 0.462. The number of likely N-dealkylation sites (tertiary alicyclic amines) is 1. The molecule has 0 aromatic heterocycles. The maximum absolute atomic E-state index is 13.2. The highest BCUT2D eigenvalue weighted by Gasteiger charge is 2.37. The highest BCUT2D eigenvalue weighted by atomic mass is 19.1. The quantitative estimate of drug-likeness (QED) is 0.732. The van der Waals surface area contributed by atoms with Gasteiger partial charge in [0.1, 0.15) is 5.82 Å². The van der Waals surface area contributed by atoms with Crippen LogP contribution in [0.25, 0.3) is 0 Å². The van der Waals surface area contributed by atoms with Gasteiger partial charge in [0.25, 0.3) is 0 Å². The number of hydrogen-bond donors (Lipinski definition) is 0. The van der Waals surface area contributed by atoms with Crippen LogP contribution >= 0.6 is 0 Å². The number of carbonyl (C=O) groups excluding carboxylic acids is 1. The smallest absolute Gasteiger partial charge is 0.310 e. The average molecular weight is 237 g/mol. The lowest BCUT2D eigenvalue weighted by atomic mass is 9.89. The van der Waals surface area contributed by atoms with E-state index in [1.54, 1.807) is 6.07 Å².